The fourth-order valence-electron chi connectivity index (χ4n) is 6.76. The second-order valence-electron chi connectivity index (χ2n) is 11.3. The van der Waals surface area contributed by atoms with Gasteiger partial charge in [-0.2, -0.15) is 0 Å². The van der Waals surface area contributed by atoms with Gasteiger partial charge in [-0.1, -0.05) is 115 Å². The van der Waals surface area contributed by atoms with E-state index < -0.39 is 0 Å². The summed E-state index contributed by atoms with van der Waals surface area (Å²) >= 11 is 0. The lowest BCUT2D eigenvalue weighted by molar-refractivity contribution is 0.669. The number of anilines is 3. The molecule has 0 aliphatic rings. The summed E-state index contributed by atoms with van der Waals surface area (Å²) in [5, 5.41) is 9.93. The zero-order valence-corrected chi connectivity index (χ0v) is 23.9. The fraction of sp³-hybridized carbons (Fsp3) is 0. The van der Waals surface area contributed by atoms with E-state index in [0.29, 0.717) is 0 Å². The van der Waals surface area contributed by atoms with Crippen LogP contribution in [-0.2, 0) is 0 Å². The van der Waals surface area contributed by atoms with Crippen LogP contribution in [0.3, 0.4) is 0 Å². The fourth-order valence-corrected chi connectivity index (χ4v) is 6.76. The highest BCUT2D eigenvalue weighted by Gasteiger charge is 2.19. The molecule has 0 spiro atoms. The zero-order valence-electron chi connectivity index (χ0n) is 23.9. The average molecular weight is 562 g/mol. The van der Waals surface area contributed by atoms with Crippen molar-refractivity contribution in [3.63, 3.8) is 0 Å². The van der Waals surface area contributed by atoms with Gasteiger partial charge in [0, 0.05) is 16.8 Å². The molecule has 0 N–H and O–H groups in total. The number of benzene rings is 8. The highest BCUT2D eigenvalue weighted by molar-refractivity contribution is 6.17. The van der Waals surface area contributed by atoms with Crippen LogP contribution in [-0.4, -0.2) is 0 Å². The minimum atomic E-state index is 0.887. The second-order valence-corrected chi connectivity index (χ2v) is 11.3. The first-order chi connectivity index (χ1) is 21.8. The molecule has 0 aliphatic heterocycles. The summed E-state index contributed by atoms with van der Waals surface area (Å²) in [6.45, 7) is 0. The molecule has 0 saturated heterocycles. The van der Waals surface area contributed by atoms with Crippen LogP contribution in [0.5, 0.6) is 0 Å². The molecule has 9 aromatic rings. The molecule has 0 aliphatic carbocycles. The van der Waals surface area contributed by atoms with Gasteiger partial charge in [0.1, 0.15) is 11.2 Å². The standard InChI is InChI=1S/C42H27NO/c1-2-10-32(11-3-1)43(39-14-8-16-41-42(39)38-13-6-7-15-40(38)44-41)33-22-17-28(18-23-33)30-20-24-35-31(27-30)21-26-36-34-12-5-4-9-29(34)19-25-37(35)36/h1-27H. The Morgan fingerprint density at radius 2 is 0.977 bits per heavy atom. The first kappa shape index (κ1) is 24.7. The monoisotopic (exact) mass is 561 g/mol. The van der Waals surface area contributed by atoms with Gasteiger partial charge in [0.25, 0.3) is 0 Å². The number of hydrogen-bond donors (Lipinski definition) is 0. The molecule has 1 aromatic heterocycles. The Morgan fingerprint density at radius 1 is 0.364 bits per heavy atom. The van der Waals surface area contributed by atoms with E-state index in [4.69, 9.17) is 4.42 Å². The highest BCUT2D eigenvalue weighted by atomic mass is 16.3. The molecule has 2 heteroatoms. The van der Waals surface area contributed by atoms with Crippen molar-refractivity contribution in [1.29, 1.82) is 0 Å². The van der Waals surface area contributed by atoms with Crippen molar-refractivity contribution in [3.8, 4) is 11.1 Å². The van der Waals surface area contributed by atoms with Gasteiger partial charge >= 0.3 is 0 Å². The van der Waals surface area contributed by atoms with Gasteiger partial charge in [-0.05, 0) is 92.0 Å². The Hall–Kier alpha value is -5.86. The second kappa shape index (κ2) is 9.86. The summed E-state index contributed by atoms with van der Waals surface area (Å²) in [7, 11) is 0. The smallest absolute Gasteiger partial charge is 0.137 e. The minimum absolute atomic E-state index is 0.887. The Labute approximate surface area is 255 Å². The molecule has 0 bridgehead atoms. The van der Waals surface area contributed by atoms with E-state index in [9.17, 15) is 0 Å². The lowest BCUT2D eigenvalue weighted by Gasteiger charge is -2.26. The summed E-state index contributed by atoms with van der Waals surface area (Å²) in [5.74, 6) is 0. The zero-order chi connectivity index (χ0) is 29.0. The molecule has 0 saturated carbocycles. The molecular weight excluding hydrogens is 534 g/mol. The molecule has 1 heterocycles. The molecule has 0 atom stereocenters. The van der Waals surface area contributed by atoms with Gasteiger partial charge in [0.2, 0.25) is 0 Å². The van der Waals surface area contributed by atoms with Crippen LogP contribution in [0.25, 0.3) is 65.4 Å². The first-order valence-corrected chi connectivity index (χ1v) is 15.0. The third-order valence-corrected chi connectivity index (χ3v) is 8.84. The predicted molar refractivity (Wildman–Crippen MR) is 186 cm³/mol. The number of rotatable bonds is 4. The highest BCUT2D eigenvalue weighted by Crippen LogP contribution is 2.43. The molecule has 44 heavy (non-hydrogen) atoms. The van der Waals surface area contributed by atoms with Crippen molar-refractivity contribution >= 4 is 71.3 Å². The number of para-hydroxylation sites is 2. The summed E-state index contributed by atoms with van der Waals surface area (Å²) in [6.07, 6.45) is 0. The first-order valence-electron chi connectivity index (χ1n) is 15.0. The average Bonchev–Trinajstić information content (AvgIpc) is 3.48. The van der Waals surface area contributed by atoms with Crippen LogP contribution in [0.15, 0.2) is 168 Å². The Morgan fingerprint density at radius 3 is 1.82 bits per heavy atom. The van der Waals surface area contributed by atoms with Crippen molar-refractivity contribution in [2.45, 2.75) is 0 Å². The summed E-state index contributed by atoms with van der Waals surface area (Å²) < 4.78 is 6.25. The van der Waals surface area contributed by atoms with Crippen LogP contribution in [0, 0.1) is 0 Å². The van der Waals surface area contributed by atoms with Gasteiger partial charge in [0.05, 0.1) is 11.1 Å². The molecule has 9 rings (SSSR count). The van der Waals surface area contributed by atoms with Gasteiger partial charge in [-0.25, -0.2) is 0 Å². The van der Waals surface area contributed by atoms with Crippen molar-refractivity contribution in [2.75, 3.05) is 4.90 Å². The summed E-state index contributed by atoms with van der Waals surface area (Å²) in [6, 6.07) is 58.5. The lowest BCUT2D eigenvalue weighted by atomic mass is 9.95. The van der Waals surface area contributed by atoms with Crippen LogP contribution >= 0.6 is 0 Å². The SMILES string of the molecule is c1ccc(N(c2ccc(-c3ccc4c(ccc5c6ccccc6ccc45)c3)cc2)c2cccc3oc4ccccc4c23)cc1. The number of fused-ring (bicyclic) bond motifs is 8. The molecule has 0 unspecified atom stereocenters. The quantitative estimate of drug-likeness (QED) is 0.199. The van der Waals surface area contributed by atoms with E-state index in [2.05, 4.69) is 157 Å². The van der Waals surface area contributed by atoms with Crippen LogP contribution in [0.2, 0.25) is 0 Å². The molecule has 0 radical (unpaired) electrons. The predicted octanol–water partition coefficient (Wildman–Crippen LogP) is 12.2. The summed E-state index contributed by atoms with van der Waals surface area (Å²) in [4.78, 5) is 2.32. The van der Waals surface area contributed by atoms with E-state index >= 15 is 0 Å². The van der Waals surface area contributed by atoms with Gasteiger partial charge in [-0.15, -0.1) is 0 Å². The molecular formula is C42H27NO. The summed E-state index contributed by atoms with van der Waals surface area (Å²) in [5.41, 5.74) is 7.47. The van der Waals surface area contributed by atoms with Gasteiger partial charge in [-0.3, -0.25) is 0 Å². The van der Waals surface area contributed by atoms with Gasteiger partial charge in [0.15, 0.2) is 0 Å². The maximum Gasteiger partial charge on any atom is 0.137 e. The maximum absolute atomic E-state index is 6.25. The maximum atomic E-state index is 6.25. The van der Waals surface area contributed by atoms with Crippen LogP contribution < -0.4 is 4.90 Å². The van der Waals surface area contributed by atoms with Crippen LogP contribution in [0.4, 0.5) is 17.1 Å². The third kappa shape index (κ3) is 3.89. The van der Waals surface area contributed by atoms with Crippen molar-refractivity contribution in [2.24, 2.45) is 0 Å². The molecule has 0 fully saturated rings. The van der Waals surface area contributed by atoms with Gasteiger partial charge < -0.3 is 9.32 Å². The van der Waals surface area contributed by atoms with E-state index in [0.717, 1.165) is 39.0 Å². The number of hydrogen-bond acceptors (Lipinski definition) is 2. The number of nitrogens with zero attached hydrogens (tertiary/aromatic N) is 1. The largest absolute Gasteiger partial charge is 0.456 e. The Bertz CT molecular complexity index is 2490. The van der Waals surface area contributed by atoms with E-state index in [1.54, 1.807) is 0 Å². The van der Waals surface area contributed by atoms with E-state index in [-0.39, 0.29) is 0 Å². The number of furan rings is 1. The van der Waals surface area contributed by atoms with Crippen molar-refractivity contribution < 1.29 is 4.42 Å². The lowest BCUT2D eigenvalue weighted by Crippen LogP contribution is -2.10. The van der Waals surface area contributed by atoms with E-state index in [1.807, 2.05) is 12.1 Å². The Kier molecular flexibility index (Phi) is 5.54. The molecule has 8 aromatic carbocycles. The minimum Gasteiger partial charge on any atom is -0.456 e. The van der Waals surface area contributed by atoms with Crippen LogP contribution in [0.1, 0.15) is 0 Å². The van der Waals surface area contributed by atoms with E-state index in [1.165, 1.54) is 43.4 Å². The molecule has 2 nitrogen and oxygen atoms in total. The topological polar surface area (TPSA) is 16.4 Å². The molecule has 206 valence electrons. The third-order valence-electron chi connectivity index (χ3n) is 8.84. The van der Waals surface area contributed by atoms with Crippen molar-refractivity contribution in [3.05, 3.63) is 164 Å². The normalized spacial score (nSPS) is 11.6. The van der Waals surface area contributed by atoms with Crippen molar-refractivity contribution in [1.82, 2.24) is 0 Å². The molecule has 0 amide bonds. The Balaban J connectivity index is 1.15.